The molecule has 0 saturated carbocycles. The molecule has 2 amide bonds. The van der Waals surface area contributed by atoms with E-state index in [1.54, 1.807) is 17.0 Å². The van der Waals surface area contributed by atoms with Gasteiger partial charge in [-0.15, -0.1) is 0 Å². The average molecular weight is 525 g/mol. The Morgan fingerprint density at radius 3 is 2.27 bits per heavy atom. The van der Waals surface area contributed by atoms with Crippen LogP contribution in [0.4, 0.5) is 17.6 Å². The summed E-state index contributed by atoms with van der Waals surface area (Å²) in [6, 6.07) is 9.26. The summed E-state index contributed by atoms with van der Waals surface area (Å²) in [7, 11) is 0. The third-order valence-electron chi connectivity index (χ3n) is 5.71. The Morgan fingerprint density at radius 1 is 1.00 bits per heavy atom. The van der Waals surface area contributed by atoms with Crippen molar-refractivity contribution in [2.45, 2.75) is 25.6 Å². The Hall–Kier alpha value is -3.67. The zero-order valence-electron chi connectivity index (χ0n) is 19.9. The number of rotatable bonds is 10. The van der Waals surface area contributed by atoms with Crippen LogP contribution in [0, 0.1) is 5.82 Å². The second kappa shape index (κ2) is 13.0. The summed E-state index contributed by atoms with van der Waals surface area (Å²) in [6.07, 6.45) is -2.16. The fourth-order valence-corrected chi connectivity index (χ4v) is 3.70. The van der Waals surface area contributed by atoms with E-state index in [9.17, 15) is 27.2 Å². The van der Waals surface area contributed by atoms with Crippen LogP contribution in [0.5, 0.6) is 5.75 Å². The Morgan fingerprint density at radius 2 is 1.65 bits per heavy atom. The van der Waals surface area contributed by atoms with Crippen LogP contribution in [0.2, 0.25) is 0 Å². The summed E-state index contributed by atoms with van der Waals surface area (Å²) in [4.78, 5) is 31.8. The van der Waals surface area contributed by atoms with Crippen molar-refractivity contribution in [3.63, 3.8) is 0 Å². The normalized spacial score (nSPS) is 14.2. The monoisotopic (exact) mass is 525 g/mol. The van der Waals surface area contributed by atoms with Crippen LogP contribution >= 0.6 is 0 Å². The molecule has 37 heavy (non-hydrogen) atoms. The topological polar surface area (TPSA) is 91.7 Å². The first-order valence-corrected chi connectivity index (χ1v) is 11.5. The minimum atomic E-state index is -4.61. The largest absolute Gasteiger partial charge is 0.484 e. The molecule has 1 aliphatic rings. The van der Waals surface area contributed by atoms with E-state index in [0.29, 0.717) is 50.8 Å². The predicted molar refractivity (Wildman–Crippen MR) is 125 cm³/mol. The molecule has 200 valence electrons. The first kappa shape index (κ1) is 27.9. The highest BCUT2D eigenvalue weighted by atomic mass is 19.4. The molecule has 1 N–H and O–H groups in total. The number of benzene rings is 2. The quantitative estimate of drug-likeness (QED) is 0.293. The van der Waals surface area contributed by atoms with Crippen molar-refractivity contribution in [1.82, 2.24) is 9.80 Å². The Kier molecular flexibility index (Phi) is 9.84. The van der Waals surface area contributed by atoms with E-state index in [-0.39, 0.29) is 24.0 Å². The van der Waals surface area contributed by atoms with Crippen LogP contribution in [0.15, 0.2) is 47.6 Å². The molecule has 0 atom stereocenters. The van der Waals surface area contributed by atoms with Crippen LogP contribution in [0.25, 0.3) is 0 Å². The van der Waals surface area contributed by atoms with Crippen LogP contribution in [-0.4, -0.2) is 72.3 Å². The van der Waals surface area contributed by atoms with E-state index in [1.807, 2.05) is 12.1 Å². The maximum Gasteiger partial charge on any atom is 0.416 e. The van der Waals surface area contributed by atoms with Gasteiger partial charge in [-0.2, -0.15) is 13.2 Å². The number of ether oxygens (including phenoxy) is 1. The molecule has 0 bridgehead atoms. The maximum atomic E-state index is 13.3. The van der Waals surface area contributed by atoms with Crippen molar-refractivity contribution >= 4 is 18.0 Å². The van der Waals surface area contributed by atoms with Crippen molar-refractivity contribution in [2.75, 3.05) is 39.4 Å². The molecule has 1 fully saturated rings. The standard InChI is InChI=1S/C25H27F4N3O5/c26-20-5-8-22(25(27,28)29)19(14-20)16-37-30-9-1-2-18-3-6-21(7-4-18)36-17-24(35)32-12-10-31(11-13-32)23(34)15-33/h3-9,14,33H,1-2,10-13,15-17H2. The third-order valence-corrected chi connectivity index (χ3v) is 5.71. The Bertz CT molecular complexity index is 1080. The molecule has 0 aliphatic carbocycles. The molecule has 2 aromatic rings. The van der Waals surface area contributed by atoms with Crippen molar-refractivity contribution in [3.8, 4) is 5.75 Å². The summed E-state index contributed by atoms with van der Waals surface area (Å²) < 4.78 is 57.8. The third kappa shape index (κ3) is 8.45. The fraction of sp³-hybridized carbons (Fsp3) is 0.400. The molecule has 8 nitrogen and oxygen atoms in total. The molecule has 0 aromatic heterocycles. The zero-order valence-corrected chi connectivity index (χ0v) is 19.9. The summed E-state index contributed by atoms with van der Waals surface area (Å²) in [5, 5.41) is 12.6. The second-order valence-corrected chi connectivity index (χ2v) is 8.25. The number of amides is 2. The molecule has 0 radical (unpaired) electrons. The molecule has 1 aliphatic heterocycles. The Labute approximate surface area is 211 Å². The number of hydrogen-bond donors (Lipinski definition) is 1. The number of oxime groups is 1. The van der Waals surface area contributed by atoms with E-state index < -0.39 is 30.8 Å². The van der Waals surface area contributed by atoms with Gasteiger partial charge in [-0.05, 0) is 48.7 Å². The van der Waals surface area contributed by atoms with E-state index in [2.05, 4.69) is 5.16 Å². The van der Waals surface area contributed by atoms with Crippen molar-refractivity contribution in [1.29, 1.82) is 0 Å². The van der Waals surface area contributed by atoms with E-state index in [4.69, 9.17) is 14.7 Å². The number of hydrogen-bond acceptors (Lipinski definition) is 6. The first-order chi connectivity index (χ1) is 17.7. The van der Waals surface area contributed by atoms with Gasteiger partial charge in [-0.25, -0.2) is 4.39 Å². The summed E-state index contributed by atoms with van der Waals surface area (Å²) in [5.41, 5.74) is -0.359. The van der Waals surface area contributed by atoms with E-state index in [0.717, 1.165) is 17.7 Å². The van der Waals surface area contributed by atoms with Gasteiger partial charge in [0.1, 0.15) is 24.8 Å². The lowest BCUT2D eigenvalue weighted by atomic mass is 10.1. The summed E-state index contributed by atoms with van der Waals surface area (Å²) in [5.74, 6) is -0.830. The van der Waals surface area contributed by atoms with Crippen LogP contribution < -0.4 is 4.74 Å². The highest BCUT2D eigenvalue weighted by molar-refractivity contribution is 5.79. The first-order valence-electron chi connectivity index (χ1n) is 11.5. The highest BCUT2D eigenvalue weighted by Gasteiger charge is 2.33. The van der Waals surface area contributed by atoms with Gasteiger partial charge in [0.25, 0.3) is 5.91 Å². The van der Waals surface area contributed by atoms with Crippen molar-refractivity contribution in [3.05, 3.63) is 65.0 Å². The second-order valence-electron chi connectivity index (χ2n) is 8.25. The average Bonchev–Trinajstić information content (AvgIpc) is 2.89. The minimum Gasteiger partial charge on any atom is -0.484 e. The van der Waals surface area contributed by atoms with Gasteiger partial charge >= 0.3 is 6.18 Å². The number of piperazine rings is 1. The van der Waals surface area contributed by atoms with Gasteiger partial charge in [-0.3, -0.25) is 9.59 Å². The molecule has 2 aromatic carbocycles. The van der Waals surface area contributed by atoms with Gasteiger partial charge in [0.05, 0.1) is 5.56 Å². The van der Waals surface area contributed by atoms with Gasteiger partial charge in [0.2, 0.25) is 5.91 Å². The molecular formula is C25H27F4N3O5. The summed E-state index contributed by atoms with van der Waals surface area (Å²) >= 11 is 0. The molecule has 1 heterocycles. The molecule has 12 heteroatoms. The predicted octanol–water partition coefficient (Wildman–Crippen LogP) is 3.02. The van der Waals surface area contributed by atoms with E-state index >= 15 is 0 Å². The number of nitrogens with zero attached hydrogens (tertiary/aromatic N) is 3. The number of aryl methyl sites for hydroxylation is 1. The lowest BCUT2D eigenvalue weighted by Crippen LogP contribution is -2.52. The van der Waals surface area contributed by atoms with Gasteiger partial charge < -0.3 is 24.5 Å². The smallest absolute Gasteiger partial charge is 0.416 e. The number of alkyl halides is 3. The molecule has 1 saturated heterocycles. The zero-order chi connectivity index (χ0) is 26.8. The number of carbonyl (C=O) groups is 2. The van der Waals surface area contributed by atoms with Gasteiger partial charge in [-0.1, -0.05) is 17.3 Å². The number of aliphatic hydroxyl groups excluding tert-OH is 1. The lowest BCUT2D eigenvalue weighted by Gasteiger charge is -2.34. The molecule has 0 unspecified atom stereocenters. The summed E-state index contributed by atoms with van der Waals surface area (Å²) in [6.45, 7) is 0.300. The van der Waals surface area contributed by atoms with Gasteiger partial charge in [0, 0.05) is 38.0 Å². The molecular weight excluding hydrogens is 498 g/mol. The number of carbonyl (C=O) groups excluding carboxylic acids is 2. The fourth-order valence-electron chi connectivity index (χ4n) is 3.70. The van der Waals surface area contributed by atoms with Crippen molar-refractivity contribution in [2.24, 2.45) is 5.16 Å². The van der Waals surface area contributed by atoms with Crippen LogP contribution in [0.1, 0.15) is 23.1 Å². The maximum absolute atomic E-state index is 13.3. The molecule has 0 spiro atoms. The lowest BCUT2D eigenvalue weighted by molar-refractivity contribution is -0.142. The molecule has 3 rings (SSSR count). The van der Waals surface area contributed by atoms with Crippen LogP contribution in [-0.2, 0) is 33.6 Å². The van der Waals surface area contributed by atoms with Crippen molar-refractivity contribution < 1.29 is 41.8 Å². The van der Waals surface area contributed by atoms with Gasteiger partial charge in [0.15, 0.2) is 6.61 Å². The van der Waals surface area contributed by atoms with Crippen LogP contribution in [0.3, 0.4) is 0 Å². The highest BCUT2D eigenvalue weighted by Crippen LogP contribution is 2.32. The van der Waals surface area contributed by atoms with E-state index in [1.165, 1.54) is 11.1 Å². The number of aliphatic hydroxyl groups is 1. The minimum absolute atomic E-state index is 0.140. The Balaban J connectivity index is 1.36. The number of halogens is 4. The SMILES string of the molecule is O=C(CO)N1CCN(C(=O)COc2ccc(CCC=NOCc3cc(F)ccc3C(F)(F)F)cc2)CC1.